The summed E-state index contributed by atoms with van der Waals surface area (Å²) in [4.78, 5) is 17.4. The number of aromatic nitrogens is 2. The number of rotatable bonds is 5. The molecule has 4 nitrogen and oxygen atoms in total. The van der Waals surface area contributed by atoms with Gasteiger partial charge in [-0.15, -0.1) is 11.3 Å². The number of hydrogen-bond acceptors (Lipinski definition) is 3. The Balaban J connectivity index is 1.33. The van der Waals surface area contributed by atoms with Gasteiger partial charge in [0.05, 0.1) is 5.69 Å². The van der Waals surface area contributed by atoms with E-state index in [1.165, 1.54) is 0 Å². The summed E-state index contributed by atoms with van der Waals surface area (Å²) in [5, 5.41) is 7.18. The monoisotopic (exact) mass is 409 g/mol. The number of benzene rings is 3. The van der Waals surface area contributed by atoms with Gasteiger partial charge in [-0.2, -0.15) is 0 Å². The lowest BCUT2D eigenvalue weighted by Crippen LogP contribution is -2.18. The zero-order valence-corrected chi connectivity index (χ0v) is 17.0. The molecule has 0 aliphatic carbocycles. The van der Waals surface area contributed by atoms with E-state index in [-0.39, 0.29) is 12.5 Å². The summed E-state index contributed by atoms with van der Waals surface area (Å²) >= 11 is 1.62. The smallest absolute Gasteiger partial charge is 0.244 e. The molecule has 0 bridgehead atoms. The average molecular weight is 410 g/mol. The highest BCUT2D eigenvalue weighted by atomic mass is 32.1. The van der Waals surface area contributed by atoms with Gasteiger partial charge in [0.25, 0.3) is 0 Å². The first-order valence-corrected chi connectivity index (χ1v) is 10.6. The maximum absolute atomic E-state index is 12.6. The molecular formula is C25H19N3OS. The first-order valence-electron chi connectivity index (χ1n) is 9.71. The molecule has 0 atom stereocenters. The van der Waals surface area contributed by atoms with Crippen molar-refractivity contribution in [2.75, 3.05) is 5.32 Å². The molecule has 5 rings (SSSR count). The number of anilines is 1. The molecule has 0 radical (unpaired) electrons. The lowest BCUT2D eigenvalue weighted by molar-refractivity contribution is -0.116. The summed E-state index contributed by atoms with van der Waals surface area (Å²) in [6.45, 7) is 0.270. The molecule has 0 spiro atoms. The van der Waals surface area contributed by atoms with Crippen LogP contribution in [0.25, 0.3) is 32.7 Å². The average Bonchev–Trinajstić information content (AvgIpc) is 3.43. The number of carbonyl (C=O) groups excluding carboxylic acids is 1. The first-order chi connectivity index (χ1) is 14.8. The molecule has 3 aromatic carbocycles. The van der Waals surface area contributed by atoms with Crippen LogP contribution < -0.4 is 5.32 Å². The predicted octanol–water partition coefficient (Wildman–Crippen LogP) is 6.07. The number of carbonyl (C=O) groups is 1. The van der Waals surface area contributed by atoms with E-state index >= 15 is 0 Å². The summed E-state index contributed by atoms with van der Waals surface area (Å²) < 4.78 is 1.96. The van der Waals surface area contributed by atoms with E-state index in [0.717, 1.165) is 38.4 Å². The van der Waals surface area contributed by atoms with Gasteiger partial charge in [0.2, 0.25) is 5.91 Å². The van der Waals surface area contributed by atoms with E-state index in [0.29, 0.717) is 0 Å². The standard InChI is InChI=1S/C25H19N3OS/c29-24(16-28-14-13-18-7-4-5-12-23(18)28)26-21-11-6-10-20(15-21)22-17-30-25(27-22)19-8-2-1-3-9-19/h1-15,17H,16H2,(H,26,29). The van der Waals surface area contributed by atoms with Crippen LogP contribution in [0.3, 0.4) is 0 Å². The quantitative estimate of drug-likeness (QED) is 0.383. The third-order valence-corrected chi connectivity index (χ3v) is 5.85. The summed E-state index contributed by atoms with van der Waals surface area (Å²) in [6.07, 6.45) is 1.95. The maximum Gasteiger partial charge on any atom is 0.244 e. The molecule has 1 amide bonds. The fourth-order valence-electron chi connectivity index (χ4n) is 3.51. The third kappa shape index (κ3) is 3.75. The van der Waals surface area contributed by atoms with Crippen LogP contribution >= 0.6 is 11.3 Å². The second-order valence-electron chi connectivity index (χ2n) is 7.04. The Morgan fingerprint density at radius 3 is 2.60 bits per heavy atom. The Kier molecular flexibility index (Phi) is 4.87. The van der Waals surface area contributed by atoms with Crippen molar-refractivity contribution >= 4 is 33.8 Å². The van der Waals surface area contributed by atoms with Gasteiger partial charge in [-0.3, -0.25) is 4.79 Å². The predicted molar refractivity (Wildman–Crippen MR) is 124 cm³/mol. The molecule has 1 N–H and O–H groups in total. The molecule has 0 saturated carbocycles. The molecule has 5 aromatic rings. The summed E-state index contributed by atoms with van der Waals surface area (Å²) in [5.41, 5.74) is 4.82. The van der Waals surface area contributed by atoms with E-state index in [1.54, 1.807) is 11.3 Å². The van der Waals surface area contributed by atoms with Crippen molar-refractivity contribution in [2.24, 2.45) is 0 Å². The zero-order valence-electron chi connectivity index (χ0n) is 16.2. The van der Waals surface area contributed by atoms with Crippen LogP contribution in [0.1, 0.15) is 0 Å². The van der Waals surface area contributed by atoms with E-state index < -0.39 is 0 Å². The molecule has 5 heteroatoms. The first kappa shape index (κ1) is 18.3. The summed E-state index contributed by atoms with van der Waals surface area (Å²) in [6, 6.07) is 28.1. The van der Waals surface area contributed by atoms with Crippen LogP contribution in [0.5, 0.6) is 0 Å². The third-order valence-electron chi connectivity index (χ3n) is 4.96. The van der Waals surface area contributed by atoms with Crippen molar-refractivity contribution in [1.29, 1.82) is 0 Å². The number of fused-ring (bicyclic) bond motifs is 1. The number of nitrogens with one attached hydrogen (secondary N) is 1. The molecular weight excluding hydrogens is 390 g/mol. The molecule has 30 heavy (non-hydrogen) atoms. The molecule has 2 heterocycles. The maximum atomic E-state index is 12.6. The molecule has 2 aromatic heterocycles. The van der Waals surface area contributed by atoms with Crippen LogP contribution in [0.2, 0.25) is 0 Å². The lowest BCUT2D eigenvalue weighted by Gasteiger charge is -2.08. The second-order valence-corrected chi connectivity index (χ2v) is 7.89. The van der Waals surface area contributed by atoms with Gasteiger partial charge in [-0.25, -0.2) is 4.98 Å². The number of hydrogen-bond donors (Lipinski definition) is 1. The van der Waals surface area contributed by atoms with Gasteiger partial charge < -0.3 is 9.88 Å². The topological polar surface area (TPSA) is 46.9 Å². The number of thiazole rings is 1. The minimum absolute atomic E-state index is 0.0586. The van der Waals surface area contributed by atoms with Gasteiger partial charge in [-0.05, 0) is 29.7 Å². The fraction of sp³-hybridized carbons (Fsp3) is 0.0400. The van der Waals surface area contributed by atoms with Gasteiger partial charge in [-0.1, -0.05) is 60.7 Å². The van der Waals surface area contributed by atoms with E-state index in [1.807, 2.05) is 83.6 Å². The number of para-hydroxylation sites is 1. The second kappa shape index (κ2) is 7.97. The molecule has 0 unspecified atom stereocenters. The van der Waals surface area contributed by atoms with Crippen LogP contribution in [0.4, 0.5) is 5.69 Å². The summed E-state index contributed by atoms with van der Waals surface area (Å²) in [7, 11) is 0. The highest BCUT2D eigenvalue weighted by Gasteiger charge is 2.10. The minimum Gasteiger partial charge on any atom is -0.338 e. The van der Waals surface area contributed by atoms with Gasteiger partial charge >= 0.3 is 0 Å². The SMILES string of the molecule is O=C(Cn1ccc2ccccc21)Nc1cccc(-c2csc(-c3ccccc3)n2)c1. The lowest BCUT2D eigenvalue weighted by atomic mass is 10.1. The molecule has 0 saturated heterocycles. The Bertz CT molecular complexity index is 1320. The van der Waals surface area contributed by atoms with Crippen molar-refractivity contribution < 1.29 is 4.79 Å². The van der Waals surface area contributed by atoms with E-state index in [9.17, 15) is 4.79 Å². The Morgan fingerprint density at radius 1 is 0.900 bits per heavy atom. The minimum atomic E-state index is -0.0586. The van der Waals surface area contributed by atoms with E-state index in [2.05, 4.69) is 22.8 Å². The number of amides is 1. The highest BCUT2D eigenvalue weighted by Crippen LogP contribution is 2.29. The zero-order chi connectivity index (χ0) is 20.3. The van der Waals surface area contributed by atoms with E-state index in [4.69, 9.17) is 4.98 Å². The summed E-state index contributed by atoms with van der Waals surface area (Å²) in [5.74, 6) is -0.0586. The normalized spacial score (nSPS) is 10.9. The molecule has 0 fully saturated rings. The van der Waals surface area contributed by atoms with Crippen molar-refractivity contribution in [3.63, 3.8) is 0 Å². The fourth-order valence-corrected chi connectivity index (χ4v) is 4.34. The Hall–Kier alpha value is -3.70. The van der Waals surface area contributed by atoms with Crippen LogP contribution in [0, 0.1) is 0 Å². The largest absolute Gasteiger partial charge is 0.338 e. The van der Waals surface area contributed by atoms with Gasteiger partial charge in [0.15, 0.2) is 0 Å². The molecule has 0 aliphatic rings. The molecule has 0 aliphatic heterocycles. The van der Waals surface area contributed by atoms with Crippen LogP contribution in [0.15, 0.2) is 96.5 Å². The Morgan fingerprint density at radius 2 is 1.70 bits per heavy atom. The van der Waals surface area contributed by atoms with Crippen molar-refractivity contribution in [3.8, 4) is 21.8 Å². The van der Waals surface area contributed by atoms with Crippen molar-refractivity contribution in [2.45, 2.75) is 6.54 Å². The van der Waals surface area contributed by atoms with Crippen LogP contribution in [-0.4, -0.2) is 15.5 Å². The number of nitrogens with zero attached hydrogens (tertiary/aromatic N) is 2. The molecule has 146 valence electrons. The van der Waals surface area contributed by atoms with Crippen molar-refractivity contribution in [1.82, 2.24) is 9.55 Å². The Labute approximate surface area is 178 Å². The highest BCUT2D eigenvalue weighted by molar-refractivity contribution is 7.13. The van der Waals surface area contributed by atoms with Gasteiger partial charge in [0, 0.05) is 33.9 Å². The van der Waals surface area contributed by atoms with Crippen molar-refractivity contribution in [3.05, 3.63) is 96.5 Å². The van der Waals surface area contributed by atoms with Crippen LogP contribution in [-0.2, 0) is 11.3 Å². The van der Waals surface area contributed by atoms with Gasteiger partial charge in [0.1, 0.15) is 11.6 Å².